The van der Waals surface area contributed by atoms with Crippen molar-refractivity contribution < 1.29 is 9.47 Å². The molecule has 0 radical (unpaired) electrons. The lowest BCUT2D eigenvalue weighted by Crippen LogP contribution is -2.07. The van der Waals surface area contributed by atoms with Crippen LogP contribution in [0.1, 0.15) is 54.5 Å². The minimum absolute atomic E-state index is 0.0110. The molecule has 0 aliphatic heterocycles. The lowest BCUT2D eigenvalue weighted by atomic mass is 9.89. The molecular weight excluding hydrogens is 356 g/mol. The van der Waals surface area contributed by atoms with Crippen LogP contribution in [-0.4, -0.2) is 23.7 Å². The van der Waals surface area contributed by atoms with E-state index in [0.29, 0.717) is 12.5 Å². The third-order valence-electron chi connectivity index (χ3n) is 5.39. The zero-order chi connectivity index (χ0) is 19.0. The van der Waals surface area contributed by atoms with Gasteiger partial charge < -0.3 is 9.47 Å². The smallest absolute Gasteiger partial charge is 0.212 e. The first-order valence-corrected chi connectivity index (χ1v) is 10.5. The average molecular weight is 383 g/mol. The van der Waals surface area contributed by atoms with Crippen LogP contribution in [-0.2, 0) is 17.6 Å². The molecule has 0 N–H and O–H groups in total. The zero-order valence-corrected chi connectivity index (χ0v) is 17.3. The molecule has 142 valence electrons. The van der Waals surface area contributed by atoms with Crippen molar-refractivity contribution in [3.63, 3.8) is 0 Å². The number of rotatable bonds is 5. The number of thiophene rings is 1. The molecule has 4 rings (SSSR count). The zero-order valence-electron chi connectivity index (χ0n) is 16.5. The summed E-state index contributed by atoms with van der Waals surface area (Å²) >= 11 is 1.87. The fourth-order valence-corrected chi connectivity index (χ4v) is 5.51. The maximum Gasteiger partial charge on any atom is 0.212 e. The van der Waals surface area contributed by atoms with Crippen LogP contribution in [0.3, 0.4) is 0 Å². The van der Waals surface area contributed by atoms with Gasteiger partial charge in [-0.15, -0.1) is 11.3 Å². The van der Waals surface area contributed by atoms with E-state index in [2.05, 4.69) is 24.9 Å². The molecule has 0 saturated heterocycles. The van der Waals surface area contributed by atoms with Crippen LogP contribution in [0.15, 0.2) is 18.3 Å². The van der Waals surface area contributed by atoms with E-state index in [9.17, 15) is 0 Å². The standard InChI is InChI=1S/C22H26N2O2S/c1-5-26-14(3)19-13(2)24-22-21(16-8-6-7-9-17(16)27-22)20(19)15-10-11-18(25-4)23-12-15/h10-12,14H,5-9H2,1-4H3. The quantitative estimate of drug-likeness (QED) is 0.572. The highest BCUT2D eigenvalue weighted by molar-refractivity contribution is 7.19. The van der Waals surface area contributed by atoms with Crippen LogP contribution < -0.4 is 4.74 Å². The van der Waals surface area contributed by atoms with Crippen molar-refractivity contribution in [2.45, 2.75) is 52.6 Å². The first kappa shape index (κ1) is 18.4. The Balaban J connectivity index is 2.03. The minimum Gasteiger partial charge on any atom is -0.481 e. The third-order valence-corrected chi connectivity index (χ3v) is 6.57. The second kappa shape index (κ2) is 7.56. The lowest BCUT2D eigenvalue weighted by molar-refractivity contribution is 0.0762. The predicted octanol–water partition coefficient (Wildman–Crippen LogP) is 5.65. The molecule has 4 nitrogen and oxygen atoms in total. The van der Waals surface area contributed by atoms with Crippen molar-refractivity contribution in [3.8, 4) is 17.0 Å². The topological polar surface area (TPSA) is 44.2 Å². The number of nitrogens with zero attached hydrogens (tertiary/aromatic N) is 2. The SMILES string of the molecule is CCOC(C)c1c(C)nc2sc3c(c2c1-c1ccc(OC)nc1)CCCC3. The van der Waals surface area contributed by atoms with Gasteiger partial charge in [0.25, 0.3) is 0 Å². The van der Waals surface area contributed by atoms with Crippen molar-refractivity contribution in [2.24, 2.45) is 0 Å². The van der Waals surface area contributed by atoms with Crippen molar-refractivity contribution in [2.75, 3.05) is 13.7 Å². The molecule has 0 spiro atoms. The number of aryl methyl sites for hydroxylation is 3. The predicted molar refractivity (Wildman–Crippen MR) is 111 cm³/mol. The highest BCUT2D eigenvalue weighted by atomic mass is 32.1. The van der Waals surface area contributed by atoms with Gasteiger partial charge in [0, 0.05) is 51.5 Å². The number of aromatic nitrogens is 2. The Morgan fingerprint density at radius 3 is 2.74 bits per heavy atom. The fraction of sp³-hybridized carbons (Fsp3) is 0.455. The summed E-state index contributed by atoms with van der Waals surface area (Å²) < 4.78 is 11.3. The van der Waals surface area contributed by atoms with Gasteiger partial charge in [0.2, 0.25) is 5.88 Å². The summed E-state index contributed by atoms with van der Waals surface area (Å²) in [5.41, 5.74) is 6.08. The lowest BCUT2D eigenvalue weighted by Gasteiger charge is -2.21. The highest BCUT2D eigenvalue weighted by Gasteiger charge is 2.26. The van der Waals surface area contributed by atoms with Crippen LogP contribution in [0, 0.1) is 6.92 Å². The monoisotopic (exact) mass is 382 g/mol. The molecule has 3 heterocycles. The molecule has 0 saturated carbocycles. The first-order valence-electron chi connectivity index (χ1n) is 9.70. The van der Waals surface area contributed by atoms with Crippen molar-refractivity contribution in [1.82, 2.24) is 9.97 Å². The first-order chi connectivity index (χ1) is 13.1. The Morgan fingerprint density at radius 2 is 2.04 bits per heavy atom. The van der Waals surface area contributed by atoms with E-state index in [1.54, 1.807) is 7.11 Å². The molecule has 0 fully saturated rings. The maximum atomic E-state index is 6.00. The molecule has 0 amide bonds. The van der Waals surface area contributed by atoms with Gasteiger partial charge in [-0.05, 0) is 58.1 Å². The largest absolute Gasteiger partial charge is 0.481 e. The Hall–Kier alpha value is -1.98. The van der Waals surface area contributed by atoms with Gasteiger partial charge in [-0.25, -0.2) is 9.97 Å². The number of fused-ring (bicyclic) bond motifs is 3. The van der Waals surface area contributed by atoms with Crippen LogP contribution in [0.4, 0.5) is 0 Å². The summed E-state index contributed by atoms with van der Waals surface area (Å²) in [4.78, 5) is 12.1. The molecular formula is C22H26N2O2S. The van der Waals surface area contributed by atoms with Crippen LogP contribution in [0.25, 0.3) is 21.3 Å². The normalized spacial score (nSPS) is 15.0. The molecule has 1 unspecified atom stereocenters. The molecule has 0 aromatic carbocycles. The van der Waals surface area contributed by atoms with E-state index in [0.717, 1.165) is 22.5 Å². The molecule has 5 heteroatoms. The molecule has 1 aliphatic carbocycles. The maximum absolute atomic E-state index is 6.00. The van der Waals surface area contributed by atoms with Crippen molar-refractivity contribution >= 4 is 21.6 Å². The van der Waals surface area contributed by atoms with Crippen molar-refractivity contribution in [1.29, 1.82) is 0 Å². The number of ether oxygens (including phenoxy) is 2. The Labute approximate surface area is 164 Å². The van der Waals surface area contributed by atoms with E-state index < -0.39 is 0 Å². The van der Waals surface area contributed by atoms with E-state index >= 15 is 0 Å². The molecule has 1 aliphatic rings. The van der Waals surface area contributed by atoms with Crippen LogP contribution in [0.2, 0.25) is 0 Å². The number of methoxy groups -OCH3 is 1. The van der Waals surface area contributed by atoms with E-state index in [4.69, 9.17) is 14.5 Å². The van der Waals surface area contributed by atoms with Gasteiger partial charge in [-0.3, -0.25) is 0 Å². The summed E-state index contributed by atoms with van der Waals surface area (Å²) in [7, 11) is 1.65. The van der Waals surface area contributed by atoms with Crippen molar-refractivity contribution in [3.05, 3.63) is 40.0 Å². The average Bonchev–Trinajstić information content (AvgIpc) is 3.05. The Bertz CT molecular complexity index is 963. The second-order valence-corrected chi connectivity index (χ2v) is 8.15. The summed E-state index contributed by atoms with van der Waals surface area (Å²) in [6.45, 7) is 6.95. The summed E-state index contributed by atoms with van der Waals surface area (Å²) in [5, 5.41) is 1.31. The fourth-order valence-electron chi connectivity index (χ4n) is 4.20. The molecule has 1 atom stereocenters. The van der Waals surface area contributed by atoms with Crippen LogP contribution in [0.5, 0.6) is 5.88 Å². The summed E-state index contributed by atoms with van der Waals surface area (Å²) in [6, 6.07) is 4.04. The molecule has 27 heavy (non-hydrogen) atoms. The minimum atomic E-state index is -0.0110. The molecule has 3 aromatic rings. The van der Waals surface area contributed by atoms with E-state index in [1.807, 2.05) is 30.5 Å². The van der Waals surface area contributed by atoms with Gasteiger partial charge >= 0.3 is 0 Å². The number of hydrogen-bond donors (Lipinski definition) is 0. The molecule has 3 aromatic heterocycles. The molecule has 0 bridgehead atoms. The van der Waals surface area contributed by atoms with E-state index in [-0.39, 0.29) is 6.10 Å². The van der Waals surface area contributed by atoms with Gasteiger partial charge in [-0.2, -0.15) is 0 Å². The second-order valence-electron chi connectivity index (χ2n) is 7.06. The Morgan fingerprint density at radius 1 is 1.22 bits per heavy atom. The van der Waals surface area contributed by atoms with Crippen LogP contribution >= 0.6 is 11.3 Å². The Kier molecular flexibility index (Phi) is 5.15. The number of pyridine rings is 2. The number of hydrogen-bond acceptors (Lipinski definition) is 5. The highest BCUT2D eigenvalue weighted by Crippen LogP contribution is 2.44. The van der Waals surface area contributed by atoms with Gasteiger partial charge in [0.1, 0.15) is 4.83 Å². The van der Waals surface area contributed by atoms with Gasteiger partial charge in [0.05, 0.1) is 13.2 Å². The van der Waals surface area contributed by atoms with Gasteiger partial charge in [-0.1, -0.05) is 0 Å². The summed E-state index contributed by atoms with van der Waals surface area (Å²) in [6.07, 6.45) is 6.75. The summed E-state index contributed by atoms with van der Waals surface area (Å²) in [5.74, 6) is 0.632. The third kappa shape index (κ3) is 3.23. The van der Waals surface area contributed by atoms with Gasteiger partial charge in [0.15, 0.2) is 0 Å². The van der Waals surface area contributed by atoms with E-state index in [1.165, 1.54) is 46.2 Å².